The lowest BCUT2D eigenvalue weighted by Gasteiger charge is -2.15. The number of carbonyl (C=O) groups excluding carboxylic acids is 1. The van der Waals surface area contributed by atoms with Crippen LogP contribution in [0.15, 0.2) is 11.4 Å². The molecule has 3 rings (SSSR count). The van der Waals surface area contributed by atoms with Crippen molar-refractivity contribution in [1.29, 1.82) is 0 Å². The number of β-amino-alcohol motifs (C(OH)–C–C–N with tert-alkyl or cyclic N) is 1. The molecular formula is C15H20N4O2S. The van der Waals surface area contributed by atoms with E-state index in [1.54, 1.807) is 16.2 Å². The molecule has 1 saturated heterocycles. The normalized spacial score (nSPS) is 21.5. The number of hydrogen-bond acceptors (Lipinski definition) is 5. The SMILES string of the molecule is Cc1cc(C[C@@H]2CN(C(=O)Cc3csc(C)n3)C[C@H]2O)n[nH]1. The van der Waals surface area contributed by atoms with Crippen LogP contribution < -0.4 is 0 Å². The summed E-state index contributed by atoms with van der Waals surface area (Å²) < 4.78 is 0. The number of aromatic nitrogens is 3. The first-order valence-corrected chi connectivity index (χ1v) is 8.27. The monoisotopic (exact) mass is 320 g/mol. The molecule has 2 aromatic rings. The van der Waals surface area contributed by atoms with Crippen molar-refractivity contribution in [2.24, 2.45) is 5.92 Å². The van der Waals surface area contributed by atoms with Crippen LogP contribution >= 0.6 is 11.3 Å². The van der Waals surface area contributed by atoms with Crippen LogP contribution in [0.3, 0.4) is 0 Å². The number of thiazole rings is 1. The van der Waals surface area contributed by atoms with Gasteiger partial charge in [0.15, 0.2) is 0 Å². The summed E-state index contributed by atoms with van der Waals surface area (Å²) in [4.78, 5) is 18.4. The molecule has 0 unspecified atom stereocenters. The lowest BCUT2D eigenvalue weighted by Crippen LogP contribution is -2.31. The third-order valence-electron chi connectivity index (χ3n) is 3.99. The lowest BCUT2D eigenvalue weighted by molar-refractivity contribution is -0.129. The second kappa shape index (κ2) is 6.18. The number of nitrogens with zero attached hydrogens (tertiary/aromatic N) is 3. The van der Waals surface area contributed by atoms with Crippen LogP contribution in [0.4, 0.5) is 0 Å². The minimum Gasteiger partial charge on any atom is -0.391 e. The number of amides is 1. The fraction of sp³-hybridized carbons (Fsp3) is 0.533. The molecule has 1 fully saturated rings. The fourth-order valence-electron chi connectivity index (χ4n) is 2.86. The van der Waals surface area contributed by atoms with E-state index in [-0.39, 0.29) is 11.8 Å². The Labute approximate surface area is 133 Å². The van der Waals surface area contributed by atoms with Crippen molar-refractivity contribution in [3.8, 4) is 0 Å². The number of aliphatic hydroxyl groups excluding tert-OH is 1. The van der Waals surface area contributed by atoms with Crippen molar-refractivity contribution >= 4 is 17.2 Å². The van der Waals surface area contributed by atoms with Crippen molar-refractivity contribution in [2.75, 3.05) is 13.1 Å². The highest BCUT2D eigenvalue weighted by Gasteiger charge is 2.34. The van der Waals surface area contributed by atoms with Crippen LogP contribution in [0.5, 0.6) is 0 Å². The molecule has 3 heterocycles. The Morgan fingerprint density at radius 2 is 2.27 bits per heavy atom. The minimum atomic E-state index is -0.488. The van der Waals surface area contributed by atoms with E-state index in [0.29, 0.717) is 25.9 Å². The molecular weight excluding hydrogens is 300 g/mol. The van der Waals surface area contributed by atoms with Crippen LogP contribution in [0.2, 0.25) is 0 Å². The Balaban J connectivity index is 1.58. The highest BCUT2D eigenvalue weighted by Crippen LogP contribution is 2.22. The van der Waals surface area contributed by atoms with Crippen LogP contribution in [0, 0.1) is 19.8 Å². The maximum atomic E-state index is 12.3. The zero-order valence-corrected chi connectivity index (χ0v) is 13.6. The summed E-state index contributed by atoms with van der Waals surface area (Å²) in [6, 6.07) is 1.98. The Bertz CT molecular complexity index is 666. The first-order valence-electron chi connectivity index (χ1n) is 7.39. The zero-order valence-electron chi connectivity index (χ0n) is 12.7. The highest BCUT2D eigenvalue weighted by atomic mass is 32.1. The van der Waals surface area contributed by atoms with E-state index in [9.17, 15) is 9.90 Å². The second-order valence-electron chi connectivity index (χ2n) is 5.91. The molecule has 0 spiro atoms. The third kappa shape index (κ3) is 3.36. The first kappa shape index (κ1) is 15.2. The Hall–Kier alpha value is -1.73. The van der Waals surface area contributed by atoms with E-state index < -0.39 is 6.10 Å². The average molecular weight is 320 g/mol. The number of rotatable bonds is 4. The van der Waals surface area contributed by atoms with Gasteiger partial charge in [0.25, 0.3) is 0 Å². The molecule has 1 aliphatic heterocycles. The molecule has 0 aromatic carbocycles. The van der Waals surface area contributed by atoms with Gasteiger partial charge in [-0.3, -0.25) is 9.89 Å². The maximum absolute atomic E-state index is 12.3. The van der Waals surface area contributed by atoms with Crippen LogP contribution in [0.25, 0.3) is 0 Å². The fourth-order valence-corrected chi connectivity index (χ4v) is 3.47. The number of H-pyrrole nitrogens is 1. The van der Waals surface area contributed by atoms with Crippen molar-refractivity contribution in [3.63, 3.8) is 0 Å². The summed E-state index contributed by atoms with van der Waals surface area (Å²) in [6.45, 7) is 4.86. The van der Waals surface area contributed by atoms with Crippen molar-refractivity contribution in [1.82, 2.24) is 20.1 Å². The molecule has 2 N–H and O–H groups in total. The topological polar surface area (TPSA) is 82.1 Å². The molecule has 6 nitrogen and oxygen atoms in total. The molecule has 1 amide bonds. The molecule has 0 saturated carbocycles. The van der Waals surface area contributed by atoms with Gasteiger partial charge >= 0.3 is 0 Å². The average Bonchev–Trinajstić information content (AvgIpc) is 3.14. The Morgan fingerprint density at radius 1 is 1.45 bits per heavy atom. The summed E-state index contributed by atoms with van der Waals surface area (Å²) in [5.74, 6) is 0.0777. The maximum Gasteiger partial charge on any atom is 0.228 e. The van der Waals surface area contributed by atoms with E-state index in [4.69, 9.17) is 0 Å². The van der Waals surface area contributed by atoms with Gasteiger partial charge in [-0.15, -0.1) is 11.3 Å². The van der Waals surface area contributed by atoms with Gasteiger partial charge in [0, 0.05) is 30.1 Å². The molecule has 118 valence electrons. The summed E-state index contributed by atoms with van der Waals surface area (Å²) in [7, 11) is 0. The molecule has 7 heteroatoms. The molecule has 0 bridgehead atoms. The van der Waals surface area contributed by atoms with Gasteiger partial charge in [-0.25, -0.2) is 4.98 Å². The number of likely N-dealkylation sites (tertiary alicyclic amines) is 1. The standard InChI is InChI=1S/C15H20N4O2S/c1-9-3-12(18-17-9)4-11-6-19(7-14(11)20)15(21)5-13-8-22-10(2)16-13/h3,8,11,14,20H,4-7H2,1-2H3,(H,17,18)/t11-,14-/m1/s1. The van der Waals surface area contributed by atoms with Crippen LogP contribution in [-0.4, -0.2) is 50.3 Å². The van der Waals surface area contributed by atoms with Crippen LogP contribution in [0.1, 0.15) is 22.1 Å². The molecule has 2 aromatic heterocycles. The van der Waals surface area contributed by atoms with Crippen molar-refractivity contribution < 1.29 is 9.90 Å². The quantitative estimate of drug-likeness (QED) is 0.883. The molecule has 0 aliphatic carbocycles. The highest BCUT2D eigenvalue weighted by molar-refractivity contribution is 7.09. The smallest absolute Gasteiger partial charge is 0.228 e. The number of carbonyl (C=O) groups is 1. The summed E-state index contributed by atoms with van der Waals surface area (Å²) in [5, 5.41) is 20.2. The largest absolute Gasteiger partial charge is 0.391 e. The second-order valence-corrected chi connectivity index (χ2v) is 6.97. The van der Waals surface area contributed by atoms with Crippen molar-refractivity contribution in [2.45, 2.75) is 32.8 Å². The van der Waals surface area contributed by atoms with E-state index in [2.05, 4.69) is 15.2 Å². The lowest BCUT2D eigenvalue weighted by atomic mass is 10.0. The number of aromatic amines is 1. The van der Waals surface area contributed by atoms with Crippen LogP contribution in [-0.2, 0) is 17.6 Å². The van der Waals surface area contributed by atoms with E-state index in [1.807, 2.05) is 25.3 Å². The zero-order chi connectivity index (χ0) is 15.7. The number of aliphatic hydroxyl groups is 1. The predicted octanol–water partition coefficient (Wildman–Crippen LogP) is 1.09. The van der Waals surface area contributed by atoms with Gasteiger partial charge in [-0.2, -0.15) is 5.10 Å². The molecule has 1 aliphatic rings. The molecule has 22 heavy (non-hydrogen) atoms. The van der Waals surface area contributed by atoms with Gasteiger partial charge < -0.3 is 10.0 Å². The van der Waals surface area contributed by atoms with E-state index in [1.165, 1.54) is 0 Å². The predicted molar refractivity (Wildman–Crippen MR) is 83.7 cm³/mol. The van der Waals surface area contributed by atoms with Gasteiger partial charge in [-0.1, -0.05) is 0 Å². The van der Waals surface area contributed by atoms with Gasteiger partial charge in [0.2, 0.25) is 5.91 Å². The number of nitrogens with one attached hydrogen (secondary N) is 1. The molecule has 0 radical (unpaired) electrons. The third-order valence-corrected chi connectivity index (χ3v) is 4.81. The minimum absolute atomic E-state index is 0.0325. The molecule has 2 atom stereocenters. The van der Waals surface area contributed by atoms with Gasteiger partial charge in [0.05, 0.1) is 28.9 Å². The van der Waals surface area contributed by atoms with Gasteiger partial charge in [0.1, 0.15) is 0 Å². The Kier molecular flexibility index (Phi) is 4.26. The van der Waals surface area contributed by atoms with Gasteiger partial charge in [-0.05, 0) is 26.3 Å². The first-order chi connectivity index (χ1) is 10.5. The van der Waals surface area contributed by atoms with E-state index >= 15 is 0 Å². The van der Waals surface area contributed by atoms with Crippen molar-refractivity contribution in [3.05, 3.63) is 33.5 Å². The number of aryl methyl sites for hydroxylation is 2. The number of hydrogen-bond donors (Lipinski definition) is 2. The summed E-state index contributed by atoms with van der Waals surface area (Å²) >= 11 is 1.55. The summed E-state index contributed by atoms with van der Waals surface area (Å²) in [5.41, 5.74) is 2.76. The van der Waals surface area contributed by atoms with E-state index in [0.717, 1.165) is 22.1 Å². The Morgan fingerprint density at radius 3 is 2.91 bits per heavy atom. The summed E-state index contributed by atoms with van der Waals surface area (Å²) in [6.07, 6.45) is 0.509.